The molecule has 2 saturated heterocycles. The van der Waals surface area contributed by atoms with Crippen molar-refractivity contribution >= 4 is 40.3 Å². The van der Waals surface area contributed by atoms with Gasteiger partial charge in [0, 0.05) is 42.0 Å². The minimum atomic E-state index is -0.109. The lowest BCUT2D eigenvalue weighted by Crippen LogP contribution is -2.33. The summed E-state index contributed by atoms with van der Waals surface area (Å²) in [5, 5.41) is 5.05. The second-order valence-corrected chi connectivity index (χ2v) is 12.1. The highest BCUT2D eigenvalue weighted by molar-refractivity contribution is 7.80. The number of hydrogen-bond donors (Lipinski definition) is 1. The summed E-state index contributed by atoms with van der Waals surface area (Å²) in [7, 11) is 0. The van der Waals surface area contributed by atoms with Crippen LogP contribution in [-0.2, 0) is 0 Å². The number of aromatic nitrogens is 2. The van der Waals surface area contributed by atoms with Crippen molar-refractivity contribution in [3.8, 4) is 5.69 Å². The SMILES string of the molecule is Cc1ccc(-n2c(C)cc([C@@H]3[C@@H](c4ccccn4)NC(=S)N3c3ccc(N4CCC(C)CC4)c(Cl)c3)c2C)cc1. The fourth-order valence-corrected chi connectivity index (χ4v) is 6.92. The predicted molar refractivity (Wildman–Crippen MR) is 170 cm³/mol. The fourth-order valence-electron chi connectivity index (χ4n) is 6.28. The molecule has 0 spiro atoms. The van der Waals surface area contributed by atoms with Gasteiger partial charge in [-0.05, 0) is 106 Å². The standard InChI is InChI=1S/C33H36ClN5S/c1-21-8-10-25(11-9-21)38-23(3)19-27(24(38)4)32-31(29-7-5-6-16-35-29)36-33(40)39(32)26-12-13-30(28(34)20-26)37-17-14-22(2)15-18-37/h5-13,16,19-20,22,31-32H,14-15,17-18H2,1-4H3,(H,36,40)/t31-,32-/m1/s1. The van der Waals surface area contributed by atoms with Crippen molar-refractivity contribution in [3.05, 3.63) is 106 Å². The number of hydrogen-bond acceptors (Lipinski definition) is 3. The van der Waals surface area contributed by atoms with E-state index in [0.29, 0.717) is 5.11 Å². The summed E-state index contributed by atoms with van der Waals surface area (Å²) in [5.41, 5.74) is 9.04. The molecule has 206 valence electrons. The third-order valence-electron chi connectivity index (χ3n) is 8.51. The first kappa shape index (κ1) is 26.9. The van der Waals surface area contributed by atoms with Crippen LogP contribution >= 0.6 is 23.8 Å². The number of pyridine rings is 1. The molecule has 0 unspecified atom stereocenters. The van der Waals surface area contributed by atoms with Crippen LogP contribution in [0.2, 0.25) is 5.02 Å². The van der Waals surface area contributed by atoms with Crippen LogP contribution in [-0.4, -0.2) is 27.8 Å². The van der Waals surface area contributed by atoms with E-state index < -0.39 is 0 Å². The summed E-state index contributed by atoms with van der Waals surface area (Å²) in [4.78, 5) is 9.38. The molecule has 2 atom stereocenters. The van der Waals surface area contributed by atoms with E-state index in [4.69, 9.17) is 28.8 Å². The average Bonchev–Trinajstić information content (AvgIpc) is 3.45. The highest BCUT2D eigenvalue weighted by Gasteiger charge is 2.42. The molecule has 2 fully saturated rings. The molecule has 6 rings (SSSR count). The molecular weight excluding hydrogens is 534 g/mol. The van der Waals surface area contributed by atoms with Gasteiger partial charge < -0.3 is 19.7 Å². The zero-order valence-corrected chi connectivity index (χ0v) is 25.1. The third-order valence-corrected chi connectivity index (χ3v) is 9.13. The van der Waals surface area contributed by atoms with Gasteiger partial charge in [0.15, 0.2) is 5.11 Å². The lowest BCUT2D eigenvalue weighted by molar-refractivity contribution is 0.438. The van der Waals surface area contributed by atoms with Crippen molar-refractivity contribution in [1.29, 1.82) is 0 Å². The van der Waals surface area contributed by atoms with E-state index >= 15 is 0 Å². The van der Waals surface area contributed by atoms with Crippen LogP contribution in [0.15, 0.2) is 72.9 Å². The average molecular weight is 570 g/mol. The summed E-state index contributed by atoms with van der Waals surface area (Å²) >= 11 is 13.0. The Morgan fingerprint density at radius 3 is 2.33 bits per heavy atom. The van der Waals surface area contributed by atoms with Crippen molar-refractivity contribution in [2.45, 2.75) is 52.6 Å². The van der Waals surface area contributed by atoms with Crippen LogP contribution in [0.1, 0.15) is 60.1 Å². The number of piperidine rings is 1. The molecule has 2 aliphatic heterocycles. The van der Waals surface area contributed by atoms with Gasteiger partial charge in [-0.25, -0.2) is 0 Å². The van der Waals surface area contributed by atoms with Gasteiger partial charge in [-0.3, -0.25) is 4.98 Å². The van der Waals surface area contributed by atoms with Crippen molar-refractivity contribution in [2.75, 3.05) is 22.9 Å². The van der Waals surface area contributed by atoms with E-state index in [-0.39, 0.29) is 12.1 Å². The minimum Gasteiger partial charge on any atom is -0.370 e. The van der Waals surface area contributed by atoms with Gasteiger partial charge in [-0.15, -0.1) is 0 Å². The molecule has 0 amide bonds. The van der Waals surface area contributed by atoms with Gasteiger partial charge in [0.05, 0.1) is 28.5 Å². The van der Waals surface area contributed by atoms with Crippen LogP contribution in [0.5, 0.6) is 0 Å². The number of thiocarbonyl (C=S) groups is 1. The quantitative estimate of drug-likeness (QED) is 0.247. The number of anilines is 2. The summed E-state index contributed by atoms with van der Waals surface area (Å²) in [6.07, 6.45) is 4.24. The molecule has 0 aliphatic carbocycles. The Morgan fingerprint density at radius 2 is 1.65 bits per heavy atom. The van der Waals surface area contributed by atoms with Gasteiger partial charge in [0.1, 0.15) is 0 Å². The van der Waals surface area contributed by atoms with Crippen molar-refractivity contribution in [1.82, 2.24) is 14.9 Å². The van der Waals surface area contributed by atoms with Crippen molar-refractivity contribution in [3.63, 3.8) is 0 Å². The molecule has 2 aromatic heterocycles. The normalized spacial score (nSPS) is 19.8. The Labute approximate surface area is 247 Å². The molecule has 7 heteroatoms. The smallest absolute Gasteiger partial charge is 0.174 e. The molecule has 0 bridgehead atoms. The Balaban J connectivity index is 1.43. The van der Waals surface area contributed by atoms with E-state index in [0.717, 1.165) is 46.8 Å². The Morgan fingerprint density at radius 1 is 0.925 bits per heavy atom. The number of aryl methyl sites for hydroxylation is 2. The maximum absolute atomic E-state index is 6.98. The number of benzene rings is 2. The van der Waals surface area contributed by atoms with E-state index in [2.05, 4.69) is 102 Å². The first-order valence-electron chi connectivity index (χ1n) is 14.1. The number of rotatable bonds is 5. The molecule has 4 aromatic rings. The van der Waals surface area contributed by atoms with Crippen LogP contribution in [0.25, 0.3) is 5.69 Å². The molecule has 2 aliphatic rings. The second-order valence-electron chi connectivity index (χ2n) is 11.3. The Hall–Kier alpha value is -3.35. The molecule has 40 heavy (non-hydrogen) atoms. The van der Waals surface area contributed by atoms with Gasteiger partial charge in [-0.2, -0.15) is 0 Å². The van der Waals surface area contributed by atoms with Crippen LogP contribution < -0.4 is 15.1 Å². The van der Waals surface area contributed by atoms with E-state index in [1.807, 2.05) is 18.3 Å². The lowest BCUT2D eigenvalue weighted by Gasteiger charge is -2.33. The van der Waals surface area contributed by atoms with E-state index in [9.17, 15) is 0 Å². The number of nitrogens with one attached hydrogen (secondary N) is 1. The number of halogens is 1. The van der Waals surface area contributed by atoms with Crippen LogP contribution in [0, 0.1) is 26.7 Å². The summed E-state index contributed by atoms with van der Waals surface area (Å²) in [5.74, 6) is 0.769. The second kappa shape index (κ2) is 10.9. The van der Waals surface area contributed by atoms with Crippen molar-refractivity contribution < 1.29 is 0 Å². The molecule has 1 N–H and O–H groups in total. The topological polar surface area (TPSA) is 36.3 Å². The molecule has 5 nitrogen and oxygen atoms in total. The predicted octanol–water partition coefficient (Wildman–Crippen LogP) is 7.86. The van der Waals surface area contributed by atoms with Gasteiger partial charge >= 0.3 is 0 Å². The largest absolute Gasteiger partial charge is 0.370 e. The van der Waals surface area contributed by atoms with E-state index in [1.165, 1.54) is 35.4 Å². The van der Waals surface area contributed by atoms with Crippen LogP contribution in [0.3, 0.4) is 0 Å². The minimum absolute atomic E-state index is 0.0921. The number of nitrogens with zero attached hydrogens (tertiary/aromatic N) is 4. The maximum Gasteiger partial charge on any atom is 0.174 e. The third kappa shape index (κ3) is 4.88. The van der Waals surface area contributed by atoms with Crippen molar-refractivity contribution in [2.24, 2.45) is 5.92 Å². The monoisotopic (exact) mass is 569 g/mol. The first-order valence-corrected chi connectivity index (χ1v) is 14.9. The fraction of sp³-hybridized carbons (Fsp3) is 0.333. The Bertz CT molecular complexity index is 1520. The highest BCUT2D eigenvalue weighted by Crippen LogP contribution is 2.45. The van der Waals surface area contributed by atoms with Gasteiger partial charge in [0.2, 0.25) is 0 Å². The lowest BCUT2D eigenvalue weighted by atomic mass is 9.96. The molecule has 0 radical (unpaired) electrons. The summed E-state index contributed by atoms with van der Waals surface area (Å²) in [6.45, 7) is 10.9. The molecule has 2 aromatic carbocycles. The highest BCUT2D eigenvalue weighted by atomic mass is 35.5. The molecule has 0 saturated carbocycles. The molecular formula is C33H36ClN5S. The zero-order valence-electron chi connectivity index (χ0n) is 23.6. The summed E-state index contributed by atoms with van der Waals surface area (Å²) < 4.78 is 2.33. The van der Waals surface area contributed by atoms with Gasteiger partial charge in [0.25, 0.3) is 0 Å². The maximum atomic E-state index is 6.98. The first-order chi connectivity index (χ1) is 19.3. The summed E-state index contributed by atoms with van der Waals surface area (Å²) in [6, 6.07) is 23.3. The molecule has 4 heterocycles. The van der Waals surface area contributed by atoms with E-state index in [1.54, 1.807) is 0 Å². The zero-order chi connectivity index (χ0) is 28.0. The van der Waals surface area contributed by atoms with Gasteiger partial charge in [-0.1, -0.05) is 42.3 Å². The van der Waals surface area contributed by atoms with Crippen LogP contribution in [0.4, 0.5) is 11.4 Å². The Kier molecular flexibility index (Phi) is 7.32.